The number of rotatable bonds is 7. The van der Waals surface area contributed by atoms with E-state index in [1.165, 1.54) is 52.9 Å². The summed E-state index contributed by atoms with van der Waals surface area (Å²) in [6.45, 7) is 2.12. The van der Waals surface area contributed by atoms with Crippen molar-refractivity contribution in [1.29, 1.82) is 0 Å². The van der Waals surface area contributed by atoms with Gasteiger partial charge < -0.3 is 23.7 Å². The van der Waals surface area contributed by atoms with Crippen LogP contribution < -0.4 is 9.64 Å². The predicted molar refractivity (Wildman–Crippen MR) is 116 cm³/mol. The van der Waals surface area contributed by atoms with Crippen molar-refractivity contribution in [2.24, 2.45) is 0 Å². The molecule has 2 aromatic heterocycles. The summed E-state index contributed by atoms with van der Waals surface area (Å²) in [5.74, 6) is 0.385. The molecule has 0 saturated heterocycles. The molecule has 1 N–H and O–H groups in total. The summed E-state index contributed by atoms with van der Waals surface area (Å²) in [6.07, 6.45) is -3.65. The number of imidazole rings is 1. The van der Waals surface area contributed by atoms with Crippen molar-refractivity contribution in [2.45, 2.75) is 43.5 Å². The Morgan fingerprint density at radius 2 is 1.88 bits per heavy atom. The van der Waals surface area contributed by atoms with E-state index in [9.17, 15) is 23.1 Å². The lowest BCUT2D eigenvalue weighted by Crippen LogP contribution is -2.52. The number of aliphatic hydroxyl groups is 1. The van der Waals surface area contributed by atoms with Gasteiger partial charge in [-0.2, -0.15) is 0 Å². The first-order chi connectivity index (χ1) is 16.1. The maximum atomic E-state index is 13.0. The number of aryl methyl sites for hydroxylation is 1. The molecule has 1 amide bonds. The number of oxazole rings is 1. The van der Waals surface area contributed by atoms with Crippen LogP contribution in [0.3, 0.4) is 0 Å². The summed E-state index contributed by atoms with van der Waals surface area (Å²) in [5, 5.41) is 10.8. The highest BCUT2D eigenvalue weighted by molar-refractivity contribution is 7.98. The molecule has 1 unspecified atom stereocenters. The number of amides is 1. The third-order valence-electron chi connectivity index (χ3n) is 5.25. The molecule has 0 spiro atoms. The fraction of sp³-hybridized carbons (Fsp3) is 0.381. The van der Waals surface area contributed by atoms with Crippen LogP contribution in [0.25, 0.3) is 0 Å². The summed E-state index contributed by atoms with van der Waals surface area (Å²) < 4.78 is 48.5. The van der Waals surface area contributed by atoms with Gasteiger partial charge in [0.05, 0.1) is 18.0 Å². The van der Waals surface area contributed by atoms with Crippen LogP contribution in [-0.4, -0.2) is 57.3 Å². The number of carbonyl (C=O) groups is 1. The lowest BCUT2D eigenvalue weighted by molar-refractivity contribution is -0.274. The van der Waals surface area contributed by atoms with Crippen LogP contribution in [-0.2, 0) is 18.7 Å². The molecule has 3 aromatic rings. The Labute approximate surface area is 197 Å². The number of aliphatic hydroxyl groups excluding tert-OH is 1. The van der Waals surface area contributed by atoms with Crippen LogP contribution in [0.15, 0.2) is 40.1 Å². The number of hydrogen-bond donors (Lipinski definition) is 1. The van der Waals surface area contributed by atoms with Crippen molar-refractivity contribution in [3.05, 3.63) is 53.4 Å². The molecule has 0 bridgehead atoms. The van der Waals surface area contributed by atoms with E-state index in [-0.39, 0.29) is 18.0 Å². The Kier molecular flexibility index (Phi) is 6.49. The Hall–Kier alpha value is -3.19. The van der Waals surface area contributed by atoms with E-state index in [0.717, 1.165) is 12.1 Å². The number of nitrogens with zero attached hydrogens (tertiary/aromatic N) is 5. The standard InChI is InChI=1S/C21H22F3N5O4S/c1-4-13-10-32-15(25-13)11-34-19-26-17-16(18(30)28(3)20(31)27(17)2)29(19)9-12-5-7-14(8-6-12)33-21(22,23)24/h5-8,10,20,31H,4,9,11H2,1-3H3. The van der Waals surface area contributed by atoms with Crippen LogP contribution in [0.5, 0.6) is 5.75 Å². The van der Waals surface area contributed by atoms with Gasteiger partial charge in [0.2, 0.25) is 12.2 Å². The van der Waals surface area contributed by atoms with E-state index in [4.69, 9.17) is 4.42 Å². The first kappa shape index (κ1) is 24.0. The van der Waals surface area contributed by atoms with Gasteiger partial charge in [-0.1, -0.05) is 30.8 Å². The monoisotopic (exact) mass is 497 g/mol. The molecule has 9 nitrogen and oxygen atoms in total. The number of hydrogen-bond acceptors (Lipinski definition) is 8. The number of anilines is 1. The average molecular weight is 497 g/mol. The summed E-state index contributed by atoms with van der Waals surface area (Å²) in [7, 11) is 3.09. The largest absolute Gasteiger partial charge is 0.573 e. The van der Waals surface area contributed by atoms with Gasteiger partial charge >= 0.3 is 6.36 Å². The predicted octanol–water partition coefficient (Wildman–Crippen LogP) is 3.47. The zero-order chi connectivity index (χ0) is 24.6. The number of carbonyl (C=O) groups excluding carboxylic acids is 1. The zero-order valence-corrected chi connectivity index (χ0v) is 19.4. The van der Waals surface area contributed by atoms with Crippen molar-refractivity contribution in [1.82, 2.24) is 19.4 Å². The molecule has 4 rings (SSSR count). The number of ether oxygens (including phenoxy) is 1. The second-order valence-electron chi connectivity index (χ2n) is 7.59. The highest BCUT2D eigenvalue weighted by Gasteiger charge is 2.38. The first-order valence-corrected chi connectivity index (χ1v) is 11.2. The van der Waals surface area contributed by atoms with Gasteiger partial charge in [-0.25, -0.2) is 9.97 Å². The number of fused-ring (bicyclic) bond motifs is 1. The SMILES string of the molecule is CCc1coc(CSc2nc3c(n2Cc2ccc(OC(F)(F)F)cc2)C(=O)N(C)C(O)N3C)n1. The maximum Gasteiger partial charge on any atom is 0.573 e. The van der Waals surface area contributed by atoms with Crippen LogP contribution in [0.2, 0.25) is 0 Å². The van der Waals surface area contributed by atoms with E-state index < -0.39 is 18.6 Å². The van der Waals surface area contributed by atoms with Gasteiger partial charge in [-0.3, -0.25) is 9.69 Å². The van der Waals surface area contributed by atoms with E-state index in [1.54, 1.807) is 17.9 Å². The minimum Gasteiger partial charge on any atom is -0.448 e. The number of alkyl halides is 3. The maximum absolute atomic E-state index is 13.0. The average Bonchev–Trinajstić information content (AvgIpc) is 3.40. The normalized spacial score (nSPS) is 16.2. The molecule has 1 aliphatic heterocycles. The zero-order valence-electron chi connectivity index (χ0n) is 18.5. The topological polar surface area (TPSA) is 96.9 Å². The molecule has 0 radical (unpaired) electrons. The van der Waals surface area contributed by atoms with Gasteiger partial charge in [-0.05, 0) is 24.1 Å². The Morgan fingerprint density at radius 3 is 2.50 bits per heavy atom. The lowest BCUT2D eigenvalue weighted by Gasteiger charge is -2.36. The van der Waals surface area contributed by atoms with Crippen LogP contribution in [0, 0.1) is 0 Å². The van der Waals surface area contributed by atoms with Crippen LogP contribution in [0.4, 0.5) is 19.0 Å². The van der Waals surface area contributed by atoms with E-state index >= 15 is 0 Å². The van der Waals surface area contributed by atoms with Gasteiger partial charge in [0.15, 0.2) is 16.7 Å². The van der Waals surface area contributed by atoms with Crippen molar-refractivity contribution in [3.63, 3.8) is 0 Å². The summed E-state index contributed by atoms with van der Waals surface area (Å²) in [4.78, 5) is 24.6. The van der Waals surface area contributed by atoms with Crippen LogP contribution >= 0.6 is 11.8 Å². The fourth-order valence-corrected chi connectivity index (χ4v) is 4.31. The smallest absolute Gasteiger partial charge is 0.448 e. The van der Waals surface area contributed by atoms with Crippen molar-refractivity contribution in [3.8, 4) is 5.75 Å². The number of thioether (sulfide) groups is 1. The van der Waals surface area contributed by atoms with E-state index in [1.807, 2.05) is 6.92 Å². The van der Waals surface area contributed by atoms with Gasteiger partial charge in [-0.15, -0.1) is 13.2 Å². The third kappa shape index (κ3) is 4.85. The van der Waals surface area contributed by atoms with Gasteiger partial charge in [0, 0.05) is 14.1 Å². The molecule has 1 aromatic carbocycles. The minimum atomic E-state index is -4.78. The molecular weight excluding hydrogens is 475 g/mol. The van der Waals surface area contributed by atoms with Gasteiger partial charge in [0.25, 0.3) is 5.91 Å². The number of halogens is 3. The fourth-order valence-electron chi connectivity index (χ4n) is 3.46. The molecule has 3 heterocycles. The Bertz CT molecular complexity index is 1180. The molecule has 34 heavy (non-hydrogen) atoms. The molecule has 182 valence electrons. The molecule has 0 saturated carbocycles. The molecular formula is C21H22F3N5O4S. The highest BCUT2D eigenvalue weighted by atomic mass is 32.2. The molecule has 0 aliphatic carbocycles. The highest BCUT2D eigenvalue weighted by Crippen LogP contribution is 2.34. The molecule has 13 heteroatoms. The summed E-state index contributed by atoms with van der Waals surface area (Å²) in [5.41, 5.74) is 1.71. The van der Waals surface area contributed by atoms with E-state index in [2.05, 4.69) is 14.7 Å². The third-order valence-corrected chi connectivity index (χ3v) is 6.21. The van der Waals surface area contributed by atoms with Crippen LogP contribution in [0.1, 0.15) is 34.6 Å². The van der Waals surface area contributed by atoms with Crippen molar-refractivity contribution >= 4 is 23.5 Å². The van der Waals surface area contributed by atoms with E-state index in [0.29, 0.717) is 28.2 Å². The Balaban J connectivity index is 1.66. The minimum absolute atomic E-state index is 0.159. The molecule has 1 atom stereocenters. The van der Waals surface area contributed by atoms with Crippen molar-refractivity contribution in [2.75, 3.05) is 19.0 Å². The summed E-state index contributed by atoms with van der Waals surface area (Å²) >= 11 is 1.30. The lowest BCUT2D eigenvalue weighted by atomic mass is 10.2. The molecule has 0 fully saturated rings. The second-order valence-corrected chi connectivity index (χ2v) is 8.54. The van der Waals surface area contributed by atoms with Crippen molar-refractivity contribution < 1.29 is 32.2 Å². The number of aromatic nitrogens is 3. The number of benzene rings is 1. The first-order valence-electron chi connectivity index (χ1n) is 10.3. The quantitative estimate of drug-likeness (QED) is 0.496. The second kappa shape index (κ2) is 9.22. The Morgan fingerprint density at radius 1 is 1.18 bits per heavy atom. The van der Waals surface area contributed by atoms with Gasteiger partial charge in [0.1, 0.15) is 12.0 Å². The summed E-state index contributed by atoms with van der Waals surface area (Å²) in [6, 6.07) is 5.39. The molecule has 1 aliphatic rings.